The molecule has 0 heterocycles. The molecule has 0 aromatic heterocycles. The van der Waals surface area contributed by atoms with Crippen molar-refractivity contribution in [1.82, 2.24) is 10.3 Å². The Morgan fingerprint density at radius 2 is 1.94 bits per heavy atom. The Balaban J connectivity index is 2.83. The maximum Gasteiger partial charge on any atom is 0.251 e. The standard InChI is InChI=1S/C14H23N3O/c1-4-17(10-12-8-6-5-7-9-12)13(11(2)3)14(18)16-15/h5-9,11,13H,4,10,15H2,1-3H3,(H,16,18). The van der Waals surface area contributed by atoms with Crippen molar-refractivity contribution in [2.75, 3.05) is 6.54 Å². The van der Waals surface area contributed by atoms with E-state index in [1.165, 1.54) is 5.56 Å². The lowest BCUT2D eigenvalue weighted by atomic mass is 10.0. The second-order valence-electron chi connectivity index (χ2n) is 4.75. The number of hydrogen-bond donors (Lipinski definition) is 2. The van der Waals surface area contributed by atoms with Gasteiger partial charge >= 0.3 is 0 Å². The highest BCUT2D eigenvalue weighted by molar-refractivity contribution is 5.81. The van der Waals surface area contributed by atoms with Crippen LogP contribution >= 0.6 is 0 Å². The van der Waals surface area contributed by atoms with Gasteiger partial charge in [-0.2, -0.15) is 0 Å². The van der Waals surface area contributed by atoms with Crippen LogP contribution in [-0.2, 0) is 11.3 Å². The minimum Gasteiger partial charge on any atom is -0.293 e. The van der Waals surface area contributed by atoms with E-state index in [1.54, 1.807) is 0 Å². The number of rotatable bonds is 6. The van der Waals surface area contributed by atoms with Crippen molar-refractivity contribution in [3.8, 4) is 0 Å². The van der Waals surface area contributed by atoms with Crippen molar-refractivity contribution < 1.29 is 4.79 Å². The van der Waals surface area contributed by atoms with Gasteiger partial charge in [0.2, 0.25) is 0 Å². The molecule has 1 amide bonds. The zero-order valence-electron chi connectivity index (χ0n) is 11.4. The molecule has 3 N–H and O–H groups in total. The van der Waals surface area contributed by atoms with Gasteiger partial charge in [0.1, 0.15) is 0 Å². The SMILES string of the molecule is CCN(Cc1ccccc1)C(C(=O)NN)C(C)C. The second kappa shape index (κ2) is 7.13. The molecule has 0 spiro atoms. The Morgan fingerprint density at radius 3 is 2.39 bits per heavy atom. The fraction of sp³-hybridized carbons (Fsp3) is 0.500. The first-order valence-corrected chi connectivity index (χ1v) is 6.38. The van der Waals surface area contributed by atoms with Crippen LogP contribution in [0.25, 0.3) is 0 Å². The zero-order chi connectivity index (χ0) is 13.5. The van der Waals surface area contributed by atoms with Crippen LogP contribution in [0.2, 0.25) is 0 Å². The minimum atomic E-state index is -0.194. The first kappa shape index (κ1) is 14.7. The third-order valence-electron chi connectivity index (χ3n) is 3.07. The van der Waals surface area contributed by atoms with Crippen molar-refractivity contribution in [2.24, 2.45) is 11.8 Å². The van der Waals surface area contributed by atoms with Gasteiger partial charge in [-0.15, -0.1) is 0 Å². The molecule has 4 nitrogen and oxygen atoms in total. The summed E-state index contributed by atoms with van der Waals surface area (Å²) in [5, 5.41) is 0. The molecule has 1 unspecified atom stereocenters. The molecule has 0 aliphatic carbocycles. The van der Waals surface area contributed by atoms with E-state index in [0.717, 1.165) is 13.1 Å². The number of amides is 1. The molecule has 100 valence electrons. The Kier molecular flexibility index (Phi) is 5.82. The Labute approximate surface area is 109 Å². The van der Waals surface area contributed by atoms with E-state index >= 15 is 0 Å². The first-order valence-electron chi connectivity index (χ1n) is 6.38. The quantitative estimate of drug-likeness (QED) is 0.456. The normalized spacial score (nSPS) is 12.8. The minimum absolute atomic E-state index is 0.122. The fourth-order valence-electron chi connectivity index (χ4n) is 2.20. The summed E-state index contributed by atoms with van der Waals surface area (Å²) in [5.41, 5.74) is 3.47. The molecule has 0 saturated carbocycles. The topological polar surface area (TPSA) is 58.4 Å². The van der Waals surface area contributed by atoms with Crippen molar-refractivity contribution in [3.05, 3.63) is 35.9 Å². The van der Waals surface area contributed by atoms with Crippen molar-refractivity contribution in [3.63, 3.8) is 0 Å². The van der Waals surface area contributed by atoms with E-state index in [2.05, 4.69) is 29.4 Å². The summed E-state index contributed by atoms with van der Waals surface area (Å²) in [6, 6.07) is 9.96. The van der Waals surface area contributed by atoms with Gasteiger partial charge < -0.3 is 0 Å². The highest BCUT2D eigenvalue weighted by atomic mass is 16.2. The van der Waals surface area contributed by atoms with Crippen molar-refractivity contribution in [2.45, 2.75) is 33.4 Å². The number of nitrogens with one attached hydrogen (secondary N) is 1. The van der Waals surface area contributed by atoms with Gasteiger partial charge in [-0.1, -0.05) is 51.1 Å². The molecular weight excluding hydrogens is 226 g/mol. The van der Waals surface area contributed by atoms with Gasteiger partial charge in [0.05, 0.1) is 6.04 Å². The molecule has 0 bridgehead atoms. The second-order valence-corrected chi connectivity index (χ2v) is 4.75. The van der Waals surface area contributed by atoms with Crippen LogP contribution in [0.5, 0.6) is 0 Å². The van der Waals surface area contributed by atoms with E-state index in [9.17, 15) is 4.79 Å². The van der Waals surface area contributed by atoms with Crippen LogP contribution in [0.15, 0.2) is 30.3 Å². The summed E-state index contributed by atoms with van der Waals surface area (Å²) in [6.07, 6.45) is 0. The fourth-order valence-corrected chi connectivity index (χ4v) is 2.20. The number of carbonyl (C=O) groups excluding carboxylic acids is 1. The third kappa shape index (κ3) is 3.82. The van der Waals surface area contributed by atoms with Gasteiger partial charge in [0.15, 0.2) is 0 Å². The lowest BCUT2D eigenvalue weighted by molar-refractivity contribution is -0.128. The molecule has 1 aromatic rings. The summed E-state index contributed by atoms with van der Waals surface area (Å²) >= 11 is 0. The number of benzene rings is 1. The Morgan fingerprint density at radius 1 is 1.33 bits per heavy atom. The monoisotopic (exact) mass is 249 g/mol. The molecule has 0 radical (unpaired) electrons. The molecule has 0 saturated heterocycles. The van der Waals surface area contributed by atoms with E-state index < -0.39 is 0 Å². The lowest BCUT2D eigenvalue weighted by Gasteiger charge is -2.32. The molecule has 1 aromatic carbocycles. The molecule has 18 heavy (non-hydrogen) atoms. The van der Waals surface area contributed by atoms with E-state index in [-0.39, 0.29) is 17.9 Å². The summed E-state index contributed by atoms with van der Waals surface area (Å²) in [5.74, 6) is 5.37. The number of likely N-dealkylation sites (N-methyl/N-ethyl adjacent to an activating group) is 1. The summed E-state index contributed by atoms with van der Waals surface area (Å²) in [6.45, 7) is 7.70. The zero-order valence-corrected chi connectivity index (χ0v) is 11.4. The largest absolute Gasteiger partial charge is 0.293 e. The van der Waals surface area contributed by atoms with Crippen LogP contribution in [0, 0.1) is 5.92 Å². The Hall–Kier alpha value is -1.39. The molecule has 0 aliphatic heterocycles. The van der Waals surface area contributed by atoms with Gasteiger partial charge in [-0.25, -0.2) is 5.84 Å². The third-order valence-corrected chi connectivity index (χ3v) is 3.07. The first-order chi connectivity index (χ1) is 8.60. The van der Waals surface area contributed by atoms with Crippen LogP contribution in [0.1, 0.15) is 26.3 Å². The average Bonchev–Trinajstić information content (AvgIpc) is 2.38. The summed E-state index contributed by atoms with van der Waals surface area (Å²) in [4.78, 5) is 14.0. The molecule has 0 aliphatic rings. The maximum atomic E-state index is 11.9. The number of nitrogens with zero attached hydrogens (tertiary/aromatic N) is 1. The summed E-state index contributed by atoms with van der Waals surface area (Å²) < 4.78 is 0. The van der Waals surface area contributed by atoms with Gasteiger partial charge in [0.25, 0.3) is 5.91 Å². The predicted molar refractivity (Wildman–Crippen MR) is 73.5 cm³/mol. The van der Waals surface area contributed by atoms with Crippen LogP contribution in [0.3, 0.4) is 0 Å². The van der Waals surface area contributed by atoms with E-state index in [4.69, 9.17) is 5.84 Å². The highest BCUT2D eigenvalue weighted by Gasteiger charge is 2.27. The number of carbonyl (C=O) groups is 1. The number of nitrogens with two attached hydrogens (primary N) is 1. The highest BCUT2D eigenvalue weighted by Crippen LogP contribution is 2.14. The Bertz CT molecular complexity index is 365. The smallest absolute Gasteiger partial charge is 0.251 e. The number of hydrazine groups is 1. The van der Waals surface area contributed by atoms with Gasteiger partial charge in [-0.3, -0.25) is 15.1 Å². The lowest BCUT2D eigenvalue weighted by Crippen LogP contribution is -2.51. The molecule has 0 fully saturated rings. The molecular formula is C14H23N3O. The molecule has 4 heteroatoms. The van der Waals surface area contributed by atoms with Crippen molar-refractivity contribution >= 4 is 5.91 Å². The number of hydrogen-bond acceptors (Lipinski definition) is 3. The van der Waals surface area contributed by atoms with Crippen LogP contribution in [0.4, 0.5) is 0 Å². The van der Waals surface area contributed by atoms with E-state index in [1.807, 2.05) is 32.0 Å². The van der Waals surface area contributed by atoms with Crippen molar-refractivity contribution in [1.29, 1.82) is 0 Å². The molecule has 1 atom stereocenters. The van der Waals surface area contributed by atoms with E-state index in [0.29, 0.717) is 0 Å². The summed E-state index contributed by atoms with van der Waals surface area (Å²) in [7, 11) is 0. The molecule has 1 rings (SSSR count). The average molecular weight is 249 g/mol. The maximum absolute atomic E-state index is 11.9. The van der Waals surface area contributed by atoms with Gasteiger partial charge in [0, 0.05) is 6.54 Å². The van der Waals surface area contributed by atoms with Crippen LogP contribution in [-0.4, -0.2) is 23.4 Å². The van der Waals surface area contributed by atoms with Gasteiger partial charge in [-0.05, 0) is 18.0 Å². The van der Waals surface area contributed by atoms with Crippen LogP contribution < -0.4 is 11.3 Å². The predicted octanol–water partition coefficient (Wildman–Crippen LogP) is 1.52.